The quantitative estimate of drug-likeness (QED) is 0.595. The molecule has 0 saturated heterocycles. The van der Waals surface area contributed by atoms with E-state index in [-0.39, 0.29) is 22.3 Å². The lowest BCUT2D eigenvalue weighted by molar-refractivity contribution is -0.139. The second-order valence-corrected chi connectivity index (χ2v) is 7.24. The van der Waals surface area contributed by atoms with Crippen molar-refractivity contribution < 1.29 is 37.4 Å². The van der Waals surface area contributed by atoms with Crippen molar-refractivity contribution in [3.8, 4) is 5.75 Å². The highest BCUT2D eigenvalue weighted by atomic mass is 19.2. The maximum Gasteiger partial charge on any atom is 0.311 e. The number of hydrogen-bond acceptors (Lipinski definition) is 3. The molecule has 0 radical (unpaired) electrons. The van der Waals surface area contributed by atoms with Crippen LogP contribution < -0.4 is 0 Å². The third-order valence-corrected chi connectivity index (χ3v) is 5.02. The van der Waals surface area contributed by atoms with Gasteiger partial charge < -0.3 is 10.2 Å². The van der Waals surface area contributed by atoms with Crippen molar-refractivity contribution in [2.75, 3.05) is 0 Å². The fourth-order valence-electron chi connectivity index (χ4n) is 3.65. The van der Waals surface area contributed by atoms with E-state index >= 15 is 0 Å². The molecule has 1 unspecified atom stereocenters. The number of rotatable bonds is 4. The van der Waals surface area contributed by atoms with Crippen molar-refractivity contribution in [1.29, 1.82) is 0 Å². The first-order valence-corrected chi connectivity index (χ1v) is 8.91. The van der Waals surface area contributed by atoms with Gasteiger partial charge in [0.25, 0.3) is 5.91 Å². The lowest BCUT2D eigenvalue weighted by Crippen LogP contribution is -2.20. The molecule has 0 saturated carbocycles. The molecule has 1 heterocycles. The van der Waals surface area contributed by atoms with Crippen LogP contribution in [-0.4, -0.2) is 26.7 Å². The minimum Gasteiger partial charge on any atom is -0.503 e. The number of phenolic OH excluding ortho intramolecular Hbond substituents is 1. The first kappa shape index (κ1) is 21.4. The molecule has 158 valence electrons. The average Bonchev–Trinajstić information content (AvgIpc) is 2.93. The van der Waals surface area contributed by atoms with Gasteiger partial charge in [0.2, 0.25) is 0 Å². The van der Waals surface area contributed by atoms with Gasteiger partial charge in [-0.05, 0) is 36.6 Å². The molecule has 0 aliphatic rings. The molecule has 0 aliphatic heterocycles. The summed E-state index contributed by atoms with van der Waals surface area (Å²) in [6, 6.07) is 3.05. The molecule has 0 aliphatic carbocycles. The van der Waals surface area contributed by atoms with Gasteiger partial charge >= 0.3 is 5.97 Å². The van der Waals surface area contributed by atoms with Crippen LogP contribution in [0.2, 0.25) is 0 Å². The number of carboxylic acids is 1. The smallest absolute Gasteiger partial charge is 0.311 e. The normalized spacial score (nSPS) is 12.5. The maximum atomic E-state index is 14.9. The molecular formula is C21H17F4NO4. The fraction of sp³-hybridized carbons (Fsp3) is 0.238. The molecule has 30 heavy (non-hydrogen) atoms. The van der Waals surface area contributed by atoms with Gasteiger partial charge in [0.05, 0.1) is 11.4 Å². The van der Waals surface area contributed by atoms with Crippen molar-refractivity contribution in [3.63, 3.8) is 0 Å². The summed E-state index contributed by atoms with van der Waals surface area (Å²) in [5, 5.41) is 19.0. The fourth-order valence-corrected chi connectivity index (χ4v) is 3.65. The Morgan fingerprint density at radius 1 is 1.00 bits per heavy atom. The molecule has 2 N–H and O–H groups in total. The number of nitrogens with zero attached hydrogens (tertiary/aromatic N) is 1. The number of carbonyl (C=O) groups excluding carboxylic acids is 1. The zero-order chi connectivity index (χ0) is 22.5. The maximum absolute atomic E-state index is 14.9. The Morgan fingerprint density at radius 2 is 1.63 bits per heavy atom. The molecule has 3 rings (SSSR count). The van der Waals surface area contributed by atoms with Crippen molar-refractivity contribution in [3.05, 3.63) is 64.4 Å². The van der Waals surface area contributed by atoms with E-state index in [9.17, 15) is 37.4 Å². The number of halogens is 4. The number of aromatic nitrogens is 1. The Balaban J connectivity index is 2.43. The van der Waals surface area contributed by atoms with Crippen LogP contribution in [0.4, 0.5) is 17.6 Å². The zero-order valence-electron chi connectivity index (χ0n) is 16.1. The summed E-state index contributed by atoms with van der Waals surface area (Å²) in [5.74, 6) is -10.7. The Labute approximate surface area is 168 Å². The molecule has 5 nitrogen and oxygen atoms in total. The van der Waals surface area contributed by atoms with Gasteiger partial charge in [-0.1, -0.05) is 13.8 Å². The standard InChI is InChI=1S/C21H17F4NO4/c1-8(2)15(21(29)30)16-9(3)26(14-7-13(24)19(27)18(25)17(14)16)20(28)10-4-5-11(22)12(23)6-10/h4-8,15,27H,1-3H3,(H,29,30). The van der Waals surface area contributed by atoms with Gasteiger partial charge in [-0.25, -0.2) is 17.6 Å². The molecule has 0 bridgehead atoms. The molecule has 3 aromatic rings. The molecular weight excluding hydrogens is 406 g/mol. The minimum absolute atomic E-state index is 0.0234. The number of aromatic hydroxyl groups is 1. The number of carbonyl (C=O) groups is 2. The number of aliphatic carboxylic acids is 1. The monoisotopic (exact) mass is 423 g/mol. The molecule has 9 heteroatoms. The van der Waals surface area contributed by atoms with Crippen molar-refractivity contribution in [2.45, 2.75) is 26.7 Å². The highest BCUT2D eigenvalue weighted by molar-refractivity contribution is 6.05. The number of fused-ring (bicyclic) bond motifs is 1. The van der Waals surface area contributed by atoms with E-state index in [1.54, 1.807) is 13.8 Å². The van der Waals surface area contributed by atoms with Gasteiger partial charge in [-0.3, -0.25) is 14.2 Å². The summed E-state index contributed by atoms with van der Waals surface area (Å²) in [5.41, 5.74) is -0.788. The van der Waals surface area contributed by atoms with Crippen LogP contribution in [0, 0.1) is 36.1 Å². The van der Waals surface area contributed by atoms with E-state index in [0.717, 1.165) is 16.7 Å². The van der Waals surface area contributed by atoms with E-state index in [1.165, 1.54) is 6.92 Å². The molecule has 0 fully saturated rings. The largest absolute Gasteiger partial charge is 0.503 e. The van der Waals surface area contributed by atoms with Gasteiger partial charge in [0, 0.05) is 22.7 Å². The van der Waals surface area contributed by atoms with E-state index in [2.05, 4.69) is 0 Å². The SMILES string of the molecule is Cc1c(C(C(=O)O)C(C)C)c2c(F)c(O)c(F)cc2n1C(=O)c1ccc(F)c(F)c1. The average molecular weight is 423 g/mol. The molecule has 2 aromatic carbocycles. The van der Waals surface area contributed by atoms with Gasteiger partial charge in [0.15, 0.2) is 29.0 Å². The second kappa shape index (κ2) is 7.47. The Bertz CT molecular complexity index is 1200. The number of benzene rings is 2. The molecule has 1 aromatic heterocycles. The summed E-state index contributed by atoms with van der Waals surface area (Å²) in [7, 11) is 0. The lowest BCUT2D eigenvalue weighted by Gasteiger charge is -2.17. The second-order valence-electron chi connectivity index (χ2n) is 7.24. The highest BCUT2D eigenvalue weighted by Gasteiger charge is 2.34. The summed E-state index contributed by atoms with van der Waals surface area (Å²) in [6.07, 6.45) is 0. The summed E-state index contributed by atoms with van der Waals surface area (Å²) in [6.45, 7) is 4.47. The van der Waals surface area contributed by atoms with Crippen LogP contribution in [-0.2, 0) is 4.79 Å². The van der Waals surface area contributed by atoms with Crippen LogP contribution in [0.5, 0.6) is 5.75 Å². The van der Waals surface area contributed by atoms with Gasteiger partial charge in [-0.15, -0.1) is 0 Å². The van der Waals surface area contributed by atoms with Crippen LogP contribution in [0.25, 0.3) is 10.9 Å². The van der Waals surface area contributed by atoms with Gasteiger partial charge in [0.1, 0.15) is 0 Å². The van der Waals surface area contributed by atoms with Crippen LogP contribution in [0.15, 0.2) is 24.3 Å². The number of phenols is 1. The van der Waals surface area contributed by atoms with Crippen molar-refractivity contribution >= 4 is 22.8 Å². The number of hydrogen-bond donors (Lipinski definition) is 2. The zero-order valence-corrected chi connectivity index (χ0v) is 16.1. The van der Waals surface area contributed by atoms with E-state index in [4.69, 9.17) is 0 Å². The Morgan fingerprint density at radius 3 is 2.17 bits per heavy atom. The van der Waals surface area contributed by atoms with Crippen molar-refractivity contribution in [2.24, 2.45) is 5.92 Å². The Kier molecular flexibility index (Phi) is 5.32. The predicted octanol–water partition coefficient (Wildman–Crippen LogP) is 4.72. The van der Waals surface area contributed by atoms with Crippen LogP contribution in [0.1, 0.15) is 41.4 Å². The molecule has 0 amide bonds. The lowest BCUT2D eigenvalue weighted by atomic mass is 9.86. The Hall–Kier alpha value is -3.36. The van der Waals surface area contributed by atoms with E-state index in [0.29, 0.717) is 12.1 Å². The summed E-state index contributed by atoms with van der Waals surface area (Å²) >= 11 is 0. The third-order valence-electron chi connectivity index (χ3n) is 5.02. The van der Waals surface area contributed by atoms with Gasteiger partial charge in [-0.2, -0.15) is 0 Å². The molecule has 1 atom stereocenters. The summed E-state index contributed by atoms with van der Waals surface area (Å²) in [4.78, 5) is 24.9. The topological polar surface area (TPSA) is 79.5 Å². The van der Waals surface area contributed by atoms with Crippen LogP contribution in [0.3, 0.4) is 0 Å². The first-order chi connectivity index (χ1) is 14.0. The number of carboxylic acid groups (broad SMARTS) is 1. The summed E-state index contributed by atoms with van der Waals surface area (Å²) < 4.78 is 56.7. The van der Waals surface area contributed by atoms with Crippen molar-refractivity contribution in [1.82, 2.24) is 4.57 Å². The van der Waals surface area contributed by atoms with E-state index < -0.39 is 58.1 Å². The van der Waals surface area contributed by atoms with E-state index in [1.807, 2.05) is 0 Å². The third kappa shape index (κ3) is 3.20. The highest BCUT2D eigenvalue weighted by Crippen LogP contribution is 2.40. The molecule has 0 spiro atoms. The van der Waals surface area contributed by atoms with Crippen LogP contribution >= 0.6 is 0 Å². The predicted molar refractivity (Wildman–Crippen MR) is 99.6 cm³/mol. The first-order valence-electron chi connectivity index (χ1n) is 8.91. The minimum atomic E-state index is -1.41.